The van der Waals surface area contributed by atoms with E-state index in [1.807, 2.05) is 13.8 Å². The smallest absolute Gasteiger partial charge is 0.247 e. The van der Waals surface area contributed by atoms with Crippen molar-refractivity contribution in [2.24, 2.45) is 0 Å². The highest BCUT2D eigenvalue weighted by molar-refractivity contribution is 6.05. The highest BCUT2D eigenvalue weighted by atomic mass is 16.5. The van der Waals surface area contributed by atoms with Crippen LogP contribution in [0.25, 0.3) is 0 Å². The molecule has 0 aromatic heterocycles. The SMILES string of the molecule is CCC(C)N1C(=O)CC(NC2(C)CCOCC2)C1=O. The summed E-state index contributed by atoms with van der Waals surface area (Å²) in [5, 5.41) is 3.39. The lowest BCUT2D eigenvalue weighted by molar-refractivity contribution is -0.141. The van der Waals surface area contributed by atoms with Crippen molar-refractivity contribution in [3.05, 3.63) is 0 Å². The summed E-state index contributed by atoms with van der Waals surface area (Å²) in [6, 6.07) is -0.362. The summed E-state index contributed by atoms with van der Waals surface area (Å²) in [6.45, 7) is 7.46. The lowest BCUT2D eigenvalue weighted by atomic mass is 9.91. The van der Waals surface area contributed by atoms with E-state index in [0.717, 1.165) is 19.3 Å². The van der Waals surface area contributed by atoms with Crippen LogP contribution in [-0.2, 0) is 14.3 Å². The Morgan fingerprint density at radius 2 is 2.05 bits per heavy atom. The maximum absolute atomic E-state index is 12.3. The molecule has 0 bridgehead atoms. The van der Waals surface area contributed by atoms with Gasteiger partial charge in [0.1, 0.15) is 0 Å². The van der Waals surface area contributed by atoms with Crippen molar-refractivity contribution in [1.82, 2.24) is 10.2 Å². The number of likely N-dealkylation sites (tertiary alicyclic amines) is 1. The number of hydrogen-bond donors (Lipinski definition) is 1. The Bertz CT molecular complexity index is 364. The molecule has 0 aromatic carbocycles. The number of rotatable bonds is 4. The first kappa shape index (κ1) is 14.5. The molecule has 2 fully saturated rings. The number of imide groups is 1. The topological polar surface area (TPSA) is 58.6 Å². The predicted molar refractivity (Wildman–Crippen MR) is 71.6 cm³/mol. The van der Waals surface area contributed by atoms with Gasteiger partial charge in [-0.15, -0.1) is 0 Å². The van der Waals surface area contributed by atoms with Crippen LogP contribution in [0, 0.1) is 0 Å². The Morgan fingerprint density at radius 1 is 1.42 bits per heavy atom. The third-order valence-electron chi connectivity index (χ3n) is 4.33. The fourth-order valence-corrected chi connectivity index (χ4v) is 2.80. The summed E-state index contributed by atoms with van der Waals surface area (Å²) in [5.41, 5.74) is -0.0929. The standard InChI is InChI=1S/C14H24N2O3/c1-4-10(2)16-12(17)9-11(13(16)18)15-14(3)5-7-19-8-6-14/h10-11,15H,4-9H2,1-3H3. The summed E-state index contributed by atoms with van der Waals surface area (Å²) in [7, 11) is 0. The van der Waals surface area contributed by atoms with E-state index in [-0.39, 0.29) is 29.4 Å². The monoisotopic (exact) mass is 268 g/mol. The van der Waals surface area contributed by atoms with Crippen molar-refractivity contribution in [2.45, 2.75) is 64.1 Å². The molecule has 19 heavy (non-hydrogen) atoms. The van der Waals surface area contributed by atoms with E-state index in [1.54, 1.807) is 0 Å². The van der Waals surface area contributed by atoms with E-state index in [4.69, 9.17) is 4.74 Å². The normalized spacial score (nSPS) is 28.8. The van der Waals surface area contributed by atoms with E-state index < -0.39 is 0 Å². The van der Waals surface area contributed by atoms with Crippen LogP contribution >= 0.6 is 0 Å². The predicted octanol–water partition coefficient (Wildman–Crippen LogP) is 1.07. The third kappa shape index (κ3) is 2.98. The summed E-state index contributed by atoms with van der Waals surface area (Å²) in [6.07, 6.45) is 2.86. The maximum Gasteiger partial charge on any atom is 0.247 e. The fraction of sp³-hybridized carbons (Fsp3) is 0.857. The maximum atomic E-state index is 12.3. The molecule has 0 aromatic rings. The van der Waals surface area contributed by atoms with Crippen LogP contribution in [0.4, 0.5) is 0 Å². The second-order valence-electron chi connectivity index (χ2n) is 5.93. The molecule has 5 nitrogen and oxygen atoms in total. The number of nitrogens with one attached hydrogen (secondary N) is 1. The molecule has 0 saturated carbocycles. The minimum absolute atomic E-state index is 0.00528. The summed E-state index contributed by atoms with van der Waals surface area (Å²) in [5.74, 6) is -0.112. The first-order valence-electron chi connectivity index (χ1n) is 7.18. The first-order valence-corrected chi connectivity index (χ1v) is 7.18. The molecule has 2 aliphatic heterocycles. The van der Waals surface area contributed by atoms with Gasteiger partial charge in [0.2, 0.25) is 11.8 Å². The van der Waals surface area contributed by atoms with Crippen LogP contribution in [-0.4, -0.2) is 47.6 Å². The molecule has 0 aliphatic carbocycles. The van der Waals surface area contributed by atoms with Crippen LogP contribution in [0.2, 0.25) is 0 Å². The Morgan fingerprint density at radius 3 is 2.63 bits per heavy atom. The van der Waals surface area contributed by atoms with Gasteiger partial charge in [0.05, 0.1) is 12.5 Å². The van der Waals surface area contributed by atoms with Crippen molar-refractivity contribution in [3.63, 3.8) is 0 Å². The van der Waals surface area contributed by atoms with Gasteiger partial charge in [-0.1, -0.05) is 6.92 Å². The molecule has 2 rings (SSSR count). The van der Waals surface area contributed by atoms with Crippen LogP contribution in [0.15, 0.2) is 0 Å². The van der Waals surface area contributed by atoms with E-state index in [2.05, 4.69) is 12.2 Å². The highest BCUT2D eigenvalue weighted by Crippen LogP contribution is 2.25. The van der Waals surface area contributed by atoms with Crippen molar-refractivity contribution in [2.75, 3.05) is 13.2 Å². The molecule has 5 heteroatoms. The quantitative estimate of drug-likeness (QED) is 0.775. The van der Waals surface area contributed by atoms with Crippen molar-refractivity contribution < 1.29 is 14.3 Å². The number of amides is 2. The van der Waals surface area contributed by atoms with Crippen LogP contribution < -0.4 is 5.32 Å². The Hall–Kier alpha value is -0.940. The molecule has 2 saturated heterocycles. The van der Waals surface area contributed by atoms with Crippen LogP contribution in [0.5, 0.6) is 0 Å². The van der Waals surface area contributed by atoms with Gasteiger partial charge in [-0.3, -0.25) is 19.8 Å². The van der Waals surface area contributed by atoms with Gasteiger partial charge in [0.25, 0.3) is 0 Å². The molecular formula is C14H24N2O3. The molecule has 0 spiro atoms. The van der Waals surface area contributed by atoms with Crippen molar-refractivity contribution in [1.29, 1.82) is 0 Å². The molecule has 2 unspecified atom stereocenters. The lowest BCUT2D eigenvalue weighted by Crippen LogP contribution is -2.54. The van der Waals surface area contributed by atoms with Gasteiger partial charge in [0, 0.05) is 24.8 Å². The summed E-state index contributed by atoms with van der Waals surface area (Å²) in [4.78, 5) is 25.8. The van der Waals surface area contributed by atoms with Gasteiger partial charge < -0.3 is 4.74 Å². The van der Waals surface area contributed by atoms with Gasteiger partial charge in [-0.05, 0) is 33.1 Å². The van der Waals surface area contributed by atoms with E-state index >= 15 is 0 Å². The first-order chi connectivity index (χ1) is 8.97. The molecule has 108 valence electrons. The van der Waals surface area contributed by atoms with Crippen LogP contribution in [0.3, 0.4) is 0 Å². The lowest BCUT2D eigenvalue weighted by Gasteiger charge is -2.36. The van der Waals surface area contributed by atoms with Gasteiger partial charge in [-0.25, -0.2) is 0 Å². The number of nitrogens with zero attached hydrogens (tertiary/aromatic N) is 1. The zero-order valence-corrected chi connectivity index (χ0v) is 12.1. The summed E-state index contributed by atoms with van der Waals surface area (Å²) >= 11 is 0. The molecule has 2 heterocycles. The molecule has 1 N–H and O–H groups in total. The van der Waals surface area contributed by atoms with Gasteiger partial charge >= 0.3 is 0 Å². The highest BCUT2D eigenvalue weighted by Gasteiger charge is 2.43. The molecule has 0 radical (unpaired) electrons. The molecule has 2 amide bonds. The summed E-state index contributed by atoms with van der Waals surface area (Å²) < 4.78 is 5.35. The second-order valence-corrected chi connectivity index (χ2v) is 5.93. The van der Waals surface area contributed by atoms with Crippen LogP contribution in [0.1, 0.15) is 46.5 Å². The molecular weight excluding hydrogens is 244 g/mol. The van der Waals surface area contributed by atoms with Crippen molar-refractivity contribution in [3.8, 4) is 0 Å². The number of carbonyl (C=O) groups is 2. The molecule has 2 aliphatic rings. The Labute approximate surface area is 114 Å². The van der Waals surface area contributed by atoms with E-state index in [0.29, 0.717) is 19.6 Å². The average Bonchev–Trinajstić information content (AvgIpc) is 2.64. The minimum Gasteiger partial charge on any atom is -0.381 e. The fourth-order valence-electron chi connectivity index (χ4n) is 2.80. The second kappa shape index (κ2) is 5.59. The zero-order chi connectivity index (χ0) is 14.0. The third-order valence-corrected chi connectivity index (χ3v) is 4.33. The Kier molecular flexibility index (Phi) is 4.26. The van der Waals surface area contributed by atoms with Gasteiger partial charge in [0.15, 0.2) is 0 Å². The number of hydrogen-bond acceptors (Lipinski definition) is 4. The number of ether oxygens (including phenoxy) is 1. The van der Waals surface area contributed by atoms with E-state index in [9.17, 15) is 9.59 Å². The average molecular weight is 268 g/mol. The zero-order valence-electron chi connectivity index (χ0n) is 12.1. The molecule has 2 atom stereocenters. The number of carbonyl (C=O) groups excluding carboxylic acids is 2. The van der Waals surface area contributed by atoms with E-state index in [1.165, 1.54) is 4.90 Å². The largest absolute Gasteiger partial charge is 0.381 e. The van der Waals surface area contributed by atoms with Crippen molar-refractivity contribution >= 4 is 11.8 Å². The van der Waals surface area contributed by atoms with Gasteiger partial charge in [-0.2, -0.15) is 0 Å². The minimum atomic E-state index is -0.357. The Balaban J connectivity index is 2.02.